The molecule has 2 N–H and O–H groups in total. The highest BCUT2D eigenvalue weighted by molar-refractivity contribution is 5.16. The summed E-state index contributed by atoms with van der Waals surface area (Å²) in [4.78, 5) is 4.26. The fourth-order valence-corrected chi connectivity index (χ4v) is 2.06. The number of nitrogens with one attached hydrogen (secondary N) is 1. The highest BCUT2D eigenvalue weighted by Gasteiger charge is 2.09. The Labute approximate surface area is 114 Å². The van der Waals surface area contributed by atoms with E-state index in [1.807, 2.05) is 38.4 Å². The molecule has 0 saturated heterocycles. The van der Waals surface area contributed by atoms with Crippen molar-refractivity contribution in [1.82, 2.24) is 14.9 Å². The second-order valence-electron chi connectivity index (χ2n) is 4.81. The second kappa shape index (κ2) is 6.50. The fourth-order valence-electron chi connectivity index (χ4n) is 2.06. The molecule has 0 fully saturated rings. The third kappa shape index (κ3) is 3.66. The zero-order chi connectivity index (χ0) is 13.7. The van der Waals surface area contributed by atoms with Crippen molar-refractivity contribution in [2.24, 2.45) is 7.05 Å². The lowest BCUT2D eigenvalue weighted by Crippen LogP contribution is -2.34. The number of aliphatic hydroxyl groups is 1. The van der Waals surface area contributed by atoms with Crippen LogP contribution < -0.4 is 5.32 Å². The van der Waals surface area contributed by atoms with Crippen LogP contribution in [0.4, 0.5) is 0 Å². The number of aromatic nitrogens is 2. The van der Waals surface area contributed by atoms with Gasteiger partial charge in [-0.3, -0.25) is 0 Å². The molecule has 0 aliphatic heterocycles. The zero-order valence-electron chi connectivity index (χ0n) is 11.5. The van der Waals surface area contributed by atoms with E-state index >= 15 is 0 Å². The predicted octanol–water partition coefficient (Wildman–Crippen LogP) is 1.42. The zero-order valence-corrected chi connectivity index (χ0v) is 11.5. The van der Waals surface area contributed by atoms with Crippen LogP contribution in [0.5, 0.6) is 0 Å². The molecule has 19 heavy (non-hydrogen) atoms. The average molecular weight is 259 g/mol. The van der Waals surface area contributed by atoms with Gasteiger partial charge < -0.3 is 15.0 Å². The molecule has 1 heterocycles. The topological polar surface area (TPSA) is 50.1 Å². The Balaban J connectivity index is 1.91. The lowest BCUT2D eigenvalue weighted by Gasteiger charge is -2.16. The molecule has 0 radical (unpaired) electrons. The highest BCUT2D eigenvalue weighted by atomic mass is 16.3. The first-order valence-corrected chi connectivity index (χ1v) is 6.56. The van der Waals surface area contributed by atoms with Crippen molar-refractivity contribution in [3.8, 4) is 0 Å². The van der Waals surface area contributed by atoms with E-state index in [2.05, 4.69) is 27.0 Å². The van der Waals surface area contributed by atoms with Gasteiger partial charge in [-0.2, -0.15) is 0 Å². The summed E-state index contributed by atoms with van der Waals surface area (Å²) in [5, 5.41) is 12.8. The van der Waals surface area contributed by atoms with Crippen LogP contribution in [-0.2, 0) is 20.0 Å². The van der Waals surface area contributed by atoms with E-state index in [0.29, 0.717) is 0 Å². The van der Waals surface area contributed by atoms with E-state index < -0.39 is 0 Å². The van der Waals surface area contributed by atoms with Crippen LogP contribution in [0, 0.1) is 6.92 Å². The molecule has 2 aromatic rings. The molecule has 0 aliphatic rings. The summed E-state index contributed by atoms with van der Waals surface area (Å²) in [6, 6.07) is 10.3. The minimum atomic E-state index is 0.0672. The third-order valence-corrected chi connectivity index (χ3v) is 3.43. The van der Waals surface area contributed by atoms with Crippen LogP contribution in [0.2, 0.25) is 0 Å². The van der Waals surface area contributed by atoms with Crippen LogP contribution in [-0.4, -0.2) is 27.3 Å². The molecule has 4 nitrogen and oxygen atoms in total. The maximum atomic E-state index is 9.45. The van der Waals surface area contributed by atoms with Crippen LogP contribution in [0.25, 0.3) is 0 Å². The maximum absolute atomic E-state index is 9.45. The molecule has 0 saturated carbocycles. The van der Waals surface area contributed by atoms with Crippen molar-refractivity contribution in [2.75, 3.05) is 6.61 Å². The Bertz CT molecular complexity index is 507. The SMILES string of the molecule is Cc1ncc(CN[C@@H](CO)Cc2ccccc2)n1C. The number of nitrogens with zero attached hydrogens (tertiary/aromatic N) is 2. The van der Waals surface area contributed by atoms with Gasteiger partial charge in [0, 0.05) is 25.8 Å². The smallest absolute Gasteiger partial charge is 0.105 e. The maximum Gasteiger partial charge on any atom is 0.105 e. The molecule has 1 aromatic heterocycles. The Morgan fingerprint density at radius 2 is 2.05 bits per heavy atom. The monoisotopic (exact) mass is 259 g/mol. The van der Waals surface area contributed by atoms with Crippen LogP contribution in [0.1, 0.15) is 17.1 Å². The standard InChI is InChI=1S/C15H21N3O/c1-12-16-9-15(18(12)2)10-17-14(11-19)8-13-6-4-3-5-7-13/h3-7,9,14,17,19H,8,10-11H2,1-2H3/t14-/m1/s1. The van der Waals surface area contributed by atoms with Gasteiger partial charge in [0.1, 0.15) is 5.82 Å². The van der Waals surface area contributed by atoms with Crippen molar-refractivity contribution in [3.63, 3.8) is 0 Å². The summed E-state index contributed by atoms with van der Waals surface area (Å²) in [7, 11) is 2.00. The van der Waals surface area contributed by atoms with Gasteiger partial charge in [-0.05, 0) is 18.9 Å². The van der Waals surface area contributed by atoms with Gasteiger partial charge in [-0.1, -0.05) is 30.3 Å². The number of hydrogen-bond donors (Lipinski definition) is 2. The Morgan fingerprint density at radius 3 is 2.63 bits per heavy atom. The second-order valence-corrected chi connectivity index (χ2v) is 4.81. The van der Waals surface area contributed by atoms with Gasteiger partial charge in [0.15, 0.2) is 0 Å². The van der Waals surface area contributed by atoms with Crippen molar-refractivity contribution in [1.29, 1.82) is 0 Å². The van der Waals surface area contributed by atoms with Crippen molar-refractivity contribution >= 4 is 0 Å². The number of imidazole rings is 1. The van der Waals surface area contributed by atoms with Gasteiger partial charge in [0.25, 0.3) is 0 Å². The van der Waals surface area contributed by atoms with Crippen molar-refractivity contribution < 1.29 is 5.11 Å². The summed E-state index contributed by atoms with van der Waals surface area (Å²) < 4.78 is 2.06. The molecule has 0 bridgehead atoms. The summed E-state index contributed by atoms with van der Waals surface area (Å²) in [6.45, 7) is 2.83. The molecule has 0 amide bonds. The molecule has 2 rings (SSSR count). The summed E-state index contributed by atoms with van der Waals surface area (Å²) in [5.74, 6) is 1.00. The lowest BCUT2D eigenvalue weighted by atomic mass is 10.1. The minimum absolute atomic E-state index is 0.0672. The predicted molar refractivity (Wildman–Crippen MR) is 75.8 cm³/mol. The number of aryl methyl sites for hydroxylation is 1. The minimum Gasteiger partial charge on any atom is -0.395 e. The van der Waals surface area contributed by atoms with Gasteiger partial charge in [-0.15, -0.1) is 0 Å². The largest absolute Gasteiger partial charge is 0.395 e. The Kier molecular flexibility index (Phi) is 4.71. The summed E-state index contributed by atoms with van der Waals surface area (Å²) in [6.07, 6.45) is 2.70. The van der Waals surface area contributed by atoms with Gasteiger partial charge in [0.2, 0.25) is 0 Å². The Hall–Kier alpha value is -1.65. The van der Waals surface area contributed by atoms with Gasteiger partial charge in [-0.25, -0.2) is 4.98 Å². The molecule has 4 heteroatoms. The molecule has 1 aromatic carbocycles. The number of aliphatic hydroxyl groups excluding tert-OH is 1. The van der Waals surface area contributed by atoms with E-state index in [4.69, 9.17) is 0 Å². The number of hydrogen-bond acceptors (Lipinski definition) is 3. The van der Waals surface area contributed by atoms with Crippen LogP contribution >= 0.6 is 0 Å². The summed E-state index contributed by atoms with van der Waals surface area (Å²) >= 11 is 0. The number of benzene rings is 1. The first-order valence-electron chi connectivity index (χ1n) is 6.56. The molecule has 0 spiro atoms. The molecular formula is C15H21N3O. The molecule has 102 valence electrons. The van der Waals surface area contributed by atoms with Crippen LogP contribution in [0.15, 0.2) is 36.5 Å². The first-order chi connectivity index (χ1) is 9.20. The van der Waals surface area contributed by atoms with Crippen LogP contribution in [0.3, 0.4) is 0 Å². The van der Waals surface area contributed by atoms with E-state index in [1.54, 1.807) is 0 Å². The fraction of sp³-hybridized carbons (Fsp3) is 0.400. The molecule has 0 unspecified atom stereocenters. The van der Waals surface area contributed by atoms with E-state index in [9.17, 15) is 5.11 Å². The molecule has 1 atom stereocenters. The molecule has 0 aliphatic carbocycles. The van der Waals surface area contributed by atoms with Crippen molar-refractivity contribution in [2.45, 2.75) is 25.9 Å². The van der Waals surface area contributed by atoms with Gasteiger partial charge in [0.05, 0.1) is 12.3 Å². The van der Waals surface area contributed by atoms with E-state index in [1.165, 1.54) is 5.56 Å². The van der Waals surface area contributed by atoms with E-state index in [0.717, 1.165) is 24.5 Å². The van der Waals surface area contributed by atoms with E-state index in [-0.39, 0.29) is 12.6 Å². The lowest BCUT2D eigenvalue weighted by molar-refractivity contribution is 0.240. The normalized spacial score (nSPS) is 12.6. The number of rotatable bonds is 6. The Morgan fingerprint density at radius 1 is 1.32 bits per heavy atom. The van der Waals surface area contributed by atoms with Gasteiger partial charge >= 0.3 is 0 Å². The summed E-state index contributed by atoms with van der Waals surface area (Å²) in [5.41, 5.74) is 2.36. The van der Waals surface area contributed by atoms with Crippen molar-refractivity contribution in [3.05, 3.63) is 53.6 Å². The highest BCUT2D eigenvalue weighted by Crippen LogP contribution is 2.05. The quantitative estimate of drug-likeness (QED) is 0.825. The third-order valence-electron chi connectivity index (χ3n) is 3.43. The molecular weight excluding hydrogens is 238 g/mol. The average Bonchev–Trinajstić information content (AvgIpc) is 2.76. The first kappa shape index (κ1) is 13.8.